The minimum Gasteiger partial charge on any atom is -0.447 e. The number of carbonyl (C=O) groups is 1. The Balaban J connectivity index is 2.16. The Kier molecular flexibility index (Phi) is 1.59. The van der Waals surface area contributed by atoms with E-state index < -0.39 is 0 Å². The Bertz CT molecular complexity index is 197. The van der Waals surface area contributed by atoms with Crippen molar-refractivity contribution in [1.29, 1.82) is 0 Å². The normalized spacial score (nSPS) is 42.6. The highest BCUT2D eigenvalue weighted by Gasteiger charge is 2.47. The summed E-state index contributed by atoms with van der Waals surface area (Å²) in [6.45, 7) is 0.530. The van der Waals surface area contributed by atoms with Gasteiger partial charge in [-0.2, -0.15) is 0 Å². The number of hydrogen-bond donors (Lipinski definition) is 1. The molecule has 4 heteroatoms. The highest BCUT2D eigenvalue weighted by Crippen LogP contribution is 2.37. The van der Waals surface area contributed by atoms with Gasteiger partial charge in [-0.15, -0.1) is 0 Å². The molecule has 1 N–H and O–H groups in total. The van der Waals surface area contributed by atoms with Gasteiger partial charge in [0.25, 0.3) is 0 Å². The maximum Gasteiger partial charge on any atom is 0.407 e. The van der Waals surface area contributed by atoms with E-state index in [1.807, 2.05) is 0 Å². The lowest BCUT2D eigenvalue weighted by atomic mass is 10.0. The highest BCUT2D eigenvalue weighted by atomic mass is 79.9. The summed E-state index contributed by atoms with van der Waals surface area (Å²) in [5.41, 5.74) is -0.0862. The Morgan fingerprint density at radius 1 is 1.73 bits per heavy atom. The van der Waals surface area contributed by atoms with Crippen LogP contribution in [0.5, 0.6) is 0 Å². The lowest BCUT2D eigenvalue weighted by Crippen LogP contribution is -2.47. The first-order valence-electron chi connectivity index (χ1n) is 3.82. The van der Waals surface area contributed by atoms with E-state index in [2.05, 4.69) is 21.2 Å². The first-order valence-corrected chi connectivity index (χ1v) is 4.73. The lowest BCUT2D eigenvalue weighted by molar-refractivity contribution is 0.173. The first kappa shape index (κ1) is 7.40. The van der Waals surface area contributed by atoms with Crippen LogP contribution < -0.4 is 5.32 Å². The van der Waals surface area contributed by atoms with E-state index in [1.165, 1.54) is 6.42 Å². The van der Waals surface area contributed by atoms with Crippen LogP contribution in [0, 0.1) is 0 Å². The number of carbonyl (C=O) groups excluding carboxylic acids is 1. The van der Waals surface area contributed by atoms with Crippen molar-refractivity contribution in [3.8, 4) is 0 Å². The van der Waals surface area contributed by atoms with Crippen LogP contribution in [0.2, 0.25) is 0 Å². The molecule has 11 heavy (non-hydrogen) atoms. The average molecular weight is 220 g/mol. The number of rotatable bonds is 0. The van der Waals surface area contributed by atoms with E-state index >= 15 is 0 Å². The molecule has 1 spiro atoms. The van der Waals surface area contributed by atoms with Gasteiger partial charge < -0.3 is 10.1 Å². The molecule has 2 atom stereocenters. The summed E-state index contributed by atoms with van der Waals surface area (Å²) in [4.78, 5) is 11.2. The predicted octanol–water partition coefficient (Wildman–Crippen LogP) is 1.41. The third-order valence-corrected chi connectivity index (χ3v) is 3.83. The summed E-state index contributed by atoms with van der Waals surface area (Å²) in [5, 5.41) is 2.87. The number of hydrogen-bond acceptors (Lipinski definition) is 2. The van der Waals surface area contributed by atoms with E-state index in [-0.39, 0.29) is 11.6 Å². The second-order valence-corrected chi connectivity index (χ2v) is 4.32. The fraction of sp³-hybridized carbons (Fsp3) is 0.857. The number of nitrogens with one attached hydrogen (secondary N) is 1. The van der Waals surface area contributed by atoms with Crippen LogP contribution in [0.25, 0.3) is 0 Å². The molecule has 62 valence electrons. The molecule has 1 aliphatic carbocycles. The topological polar surface area (TPSA) is 38.3 Å². The summed E-state index contributed by atoms with van der Waals surface area (Å²) in [5.74, 6) is 0. The summed E-state index contributed by atoms with van der Waals surface area (Å²) in [6.07, 6.45) is 3.06. The predicted molar refractivity (Wildman–Crippen MR) is 43.8 cm³/mol. The van der Waals surface area contributed by atoms with E-state index in [1.54, 1.807) is 0 Å². The third-order valence-electron chi connectivity index (χ3n) is 2.49. The first-order chi connectivity index (χ1) is 5.23. The van der Waals surface area contributed by atoms with Crippen molar-refractivity contribution in [2.24, 2.45) is 0 Å². The van der Waals surface area contributed by atoms with Crippen molar-refractivity contribution in [2.75, 3.05) is 6.61 Å². The second kappa shape index (κ2) is 2.37. The molecule has 2 rings (SSSR count). The molecule has 1 saturated heterocycles. The van der Waals surface area contributed by atoms with Crippen LogP contribution in [-0.2, 0) is 4.74 Å². The number of ether oxygens (including phenoxy) is 1. The smallest absolute Gasteiger partial charge is 0.407 e. The molecule has 1 aliphatic heterocycles. The fourth-order valence-corrected chi connectivity index (χ4v) is 2.60. The Labute approximate surface area is 73.6 Å². The molecule has 0 aromatic rings. The lowest BCUT2D eigenvalue weighted by Gasteiger charge is -2.23. The van der Waals surface area contributed by atoms with Crippen molar-refractivity contribution >= 4 is 22.0 Å². The molecule has 0 aromatic heterocycles. The van der Waals surface area contributed by atoms with Crippen LogP contribution in [0.1, 0.15) is 19.3 Å². The van der Waals surface area contributed by atoms with Gasteiger partial charge in [-0.1, -0.05) is 15.9 Å². The molecule has 2 fully saturated rings. The second-order valence-electron chi connectivity index (χ2n) is 3.22. The minimum absolute atomic E-state index is 0.0862. The summed E-state index contributed by atoms with van der Waals surface area (Å²) >= 11 is 3.56. The van der Waals surface area contributed by atoms with E-state index in [9.17, 15) is 4.79 Å². The van der Waals surface area contributed by atoms with Gasteiger partial charge in [-0.3, -0.25) is 0 Å². The van der Waals surface area contributed by atoms with Gasteiger partial charge in [-0.05, 0) is 19.3 Å². The number of halogens is 1. The molecule has 2 aliphatic rings. The largest absolute Gasteiger partial charge is 0.447 e. The van der Waals surface area contributed by atoms with Gasteiger partial charge in [0.2, 0.25) is 0 Å². The summed E-state index contributed by atoms with van der Waals surface area (Å²) in [6, 6.07) is 0. The van der Waals surface area contributed by atoms with Crippen LogP contribution in [-0.4, -0.2) is 23.1 Å². The molecular formula is C7H10BrNO2. The van der Waals surface area contributed by atoms with E-state index in [0.717, 1.165) is 12.8 Å². The summed E-state index contributed by atoms with van der Waals surface area (Å²) in [7, 11) is 0. The van der Waals surface area contributed by atoms with Gasteiger partial charge in [0.15, 0.2) is 0 Å². The molecule has 1 saturated carbocycles. The Morgan fingerprint density at radius 3 is 3.00 bits per heavy atom. The van der Waals surface area contributed by atoms with Crippen molar-refractivity contribution in [3.05, 3.63) is 0 Å². The molecule has 0 aromatic carbocycles. The number of alkyl halides is 1. The maximum atomic E-state index is 10.8. The van der Waals surface area contributed by atoms with Crippen molar-refractivity contribution in [3.63, 3.8) is 0 Å². The van der Waals surface area contributed by atoms with Gasteiger partial charge in [0.1, 0.15) is 6.61 Å². The zero-order valence-corrected chi connectivity index (χ0v) is 7.69. The van der Waals surface area contributed by atoms with Gasteiger partial charge in [0.05, 0.1) is 5.54 Å². The van der Waals surface area contributed by atoms with Crippen molar-refractivity contribution in [2.45, 2.75) is 29.6 Å². The van der Waals surface area contributed by atoms with Crippen LogP contribution in [0.15, 0.2) is 0 Å². The van der Waals surface area contributed by atoms with E-state index in [0.29, 0.717) is 11.4 Å². The monoisotopic (exact) mass is 219 g/mol. The van der Waals surface area contributed by atoms with Crippen LogP contribution in [0.3, 0.4) is 0 Å². The van der Waals surface area contributed by atoms with Crippen molar-refractivity contribution < 1.29 is 9.53 Å². The van der Waals surface area contributed by atoms with Gasteiger partial charge in [-0.25, -0.2) is 4.79 Å². The molecule has 3 nitrogen and oxygen atoms in total. The standard InChI is InChI=1S/C7H10BrNO2/c8-5-2-1-3-7(5)4-11-6(10)9-7/h5H,1-4H2,(H,9,10)/t5-,7+/m0/s1. The van der Waals surface area contributed by atoms with E-state index in [4.69, 9.17) is 4.74 Å². The maximum absolute atomic E-state index is 10.8. The minimum atomic E-state index is -0.267. The van der Waals surface area contributed by atoms with Gasteiger partial charge >= 0.3 is 6.09 Å². The van der Waals surface area contributed by atoms with Gasteiger partial charge in [0, 0.05) is 4.83 Å². The molecule has 1 heterocycles. The SMILES string of the molecule is O=C1N[C@]2(CCC[C@@H]2Br)CO1. The highest BCUT2D eigenvalue weighted by molar-refractivity contribution is 9.09. The number of alkyl carbamates (subject to hydrolysis) is 1. The van der Waals surface area contributed by atoms with Crippen LogP contribution in [0.4, 0.5) is 4.79 Å². The molecule has 0 bridgehead atoms. The molecule has 0 unspecified atom stereocenters. The third kappa shape index (κ3) is 1.04. The van der Waals surface area contributed by atoms with Crippen molar-refractivity contribution in [1.82, 2.24) is 5.32 Å². The number of amides is 1. The molecule has 0 radical (unpaired) electrons. The molecule has 1 amide bonds. The average Bonchev–Trinajstić information content (AvgIpc) is 2.46. The zero-order chi connectivity index (χ0) is 7.90. The summed E-state index contributed by atoms with van der Waals surface area (Å²) < 4.78 is 4.88. The quantitative estimate of drug-likeness (QED) is 0.627. The molecular weight excluding hydrogens is 210 g/mol. The number of cyclic esters (lactones) is 1. The Hall–Kier alpha value is -0.250. The fourth-order valence-electron chi connectivity index (χ4n) is 1.80. The van der Waals surface area contributed by atoms with Crippen LogP contribution >= 0.6 is 15.9 Å². The zero-order valence-electron chi connectivity index (χ0n) is 6.10. The Morgan fingerprint density at radius 2 is 2.55 bits per heavy atom.